The van der Waals surface area contributed by atoms with Crippen molar-refractivity contribution in [2.75, 3.05) is 6.61 Å². The Balaban J connectivity index is 0.000000223. The number of nitrogens with zero attached hydrogens (tertiary/aromatic N) is 4. The molecule has 4 aromatic rings. The fourth-order valence-corrected chi connectivity index (χ4v) is 3.95. The summed E-state index contributed by atoms with van der Waals surface area (Å²) in [6.45, 7) is 4.10. The molecule has 3 atom stereocenters. The SMILES string of the molecule is CC(COc1ccccc1)NC(C)C(O)c1ccc(O)cc1.Cn1c(=O)c2c(ncn2CC(=O)O)n(C)c1=O. The van der Waals surface area contributed by atoms with E-state index >= 15 is 0 Å². The Hall–Kier alpha value is -4.42. The fourth-order valence-electron chi connectivity index (χ4n) is 3.95. The topological polar surface area (TPSA) is 161 Å². The maximum Gasteiger partial charge on any atom is 0.332 e. The van der Waals surface area contributed by atoms with Crippen LogP contribution < -0.4 is 21.3 Å². The van der Waals surface area contributed by atoms with Crippen molar-refractivity contribution in [3.63, 3.8) is 0 Å². The lowest BCUT2D eigenvalue weighted by molar-refractivity contribution is -0.137. The van der Waals surface area contributed by atoms with Crippen molar-refractivity contribution >= 4 is 17.1 Å². The molecule has 0 spiro atoms. The Morgan fingerprint density at radius 2 is 1.67 bits per heavy atom. The normalized spacial score (nSPS) is 13.3. The number of para-hydroxylation sites is 1. The van der Waals surface area contributed by atoms with Gasteiger partial charge in [0, 0.05) is 26.2 Å². The fraction of sp³-hybridized carbons (Fsp3) is 0.333. The molecule has 4 N–H and O–H groups in total. The molecule has 0 fully saturated rings. The van der Waals surface area contributed by atoms with E-state index in [1.165, 1.54) is 29.6 Å². The van der Waals surface area contributed by atoms with E-state index in [0.717, 1.165) is 15.9 Å². The van der Waals surface area contributed by atoms with Gasteiger partial charge in [0.25, 0.3) is 5.56 Å². The molecule has 0 saturated carbocycles. The molecule has 208 valence electrons. The molecule has 0 saturated heterocycles. The molecule has 39 heavy (non-hydrogen) atoms. The van der Waals surface area contributed by atoms with Gasteiger partial charge in [0.15, 0.2) is 11.2 Å². The lowest BCUT2D eigenvalue weighted by Crippen LogP contribution is -2.41. The van der Waals surface area contributed by atoms with E-state index in [-0.39, 0.29) is 35.5 Å². The van der Waals surface area contributed by atoms with Gasteiger partial charge >= 0.3 is 11.7 Å². The number of imidazole rings is 1. The van der Waals surface area contributed by atoms with Crippen molar-refractivity contribution in [3.05, 3.63) is 87.3 Å². The molecule has 4 rings (SSSR count). The molecule has 0 bridgehead atoms. The molecule has 0 aliphatic heterocycles. The molecule has 0 radical (unpaired) electrons. The van der Waals surface area contributed by atoms with Crippen LogP contribution in [-0.2, 0) is 25.4 Å². The molecule has 12 heteroatoms. The summed E-state index contributed by atoms with van der Waals surface area (Å²) in [6, 6.07) is 16.2. The van der Waals surface area contributed by atoms with Crippen molar-refractivity contribution < 1.29 is 24.9 Å². The monoisotopic (exact) mass is 539 g/mol. The number of phenols is 1. The number of benzene rings is 2. The molecule has 0 aliphatic rings. The highest BCUT2D eigenvalue weighted by molar-refractivity contribution is 5.74. The van der Waals surface area contributed by atoms with E-state index in [1.54, 1.807) is 24.3 Å². The van der Waals surface area contributed by atoms with Gasteiger partial charge in [-0.05, 0) is 43.7 Å². The number of fused-ring (bicyclic) bond motifs is 1. The highest BCUT2D eigenvalue weighted by Gasteiger charge is 2.18. The Morgan fingerprint density at radius 1 is 1.03 bits per heavy atom. The van der Waals surface area contributed by atoms with Gasteiger partial charge in [-0.3, -0.25) is 18.7 Å². The number of aryl methyl sites for hydroxylation is 1. The van der Waals surface area contributed by atoms with Crippen LogP contribution in [0.3, 0.4) is 0 Å². The first kappa shape index (κ1) is 29.1. The van der Waals surface area contributed by atoms with E-state index in [2.05, 4.69) is 10.3 Å². The number of aromatic hydroxyl groups is 1. The summed E-state index contributed by atoms with van der Waals surface area (Å²) < 4.78 is 9.02. The maximum absolute atomic E-state index is 11.9. The smallest absolute Gasteiger partial charge is 0.332 e. The first-order valence-electron chi connectivity index (χ1n) is 12.2. The molecule has 0 amide bonds. The van der Waals surface area contributed by atoms with Gasteiger partial charge in [-0.25, -0.2) is 9.78 Å². The second-order valence-electron chi connectivity index (χ2n) is 9.16. The van der Waals surface area contributed by atoms with Crippen LogP contribution in [0.1, 0.15) is 25.5 Å². The Kier molecular flexibility index (Phi) is 9.63. The van der Waals surface area contributed by atoms with Gasteiger partial charge in [0.05, 0.1) is 12.4 Å². The van der Waals surface area contributed by atoms with Gasteiger partial charge in [-0.15, -0.1) is 0 Å². The zero-order chi connectivity index (χ0) is 28.7. The molecule has 2 aromatic carbocycles. The number of ether oxygens (including phenoxy) is 1. The summed E-state index contributed by atoms with van der Waals surface area (Å²) >= 11 is 0. The van der Waals surface area contributed by atoms with Crippen molar-refractivity contribution in [2.24, 2.45) is 14.1 Å². The molecular formula is C27H33N5O7. The second-order valence-corrected chi connectivity index (χ2v) is 9.16. The molecular weight excluding hydrogens is 506 g/mol. The second kappa shape index (κ2) is 12.9. The standard InChI is InChI=1S/C18H23NO3.C9H10N4O4/c1-13(12-22-17-6-4-3-5-7-17)19-14(2)18(21)15-8-10-16(20)11-9-15;1-11-7-6(8(16)12(2)9(11)17)13(4-10-7)3-5(14)15/h3-11,13-14,18-21H,12H2,1-2H3;4H,3H2,1-2H3,(H,14,15). The highest BCUT2D eigenvalue weighted by Crippen LogP contribution is 2.20. The average molecular weight is 540 g/mol. The van der Waals surface area contributed by atoms with E-state index in [4.69, 9.17) is 9.84 Å². The largest absolute Gasteiger partial charge is 0.508 e. The van der Waals surface area contributed by atoms with Crippen LogP contribution in [0.15, 0.2) is 70.5 Å². The summed E-state index contributed by atoms with van der Waals surface area (Å²) in [7, 11) is 2.81. The first-order chi connectivity index (χ1) is 18.5. The summed E-state index contributed by atoms with van der Waals surface area (Å²) in [5.41, 5.74) is 0.00949. The summed E-state index contributed by atoms with van der Waals surface area (Å²) in [4.78, 5) is 38.0. The predicted octanol–water partition coefficient (Wildman–Crippen LogP) is 1.39. The van der Waals surface area contributed by atoms with Crippen LogP contribution in [0, 0.1) is 0 Å². The number of nitrogens with one attached hydrogen (secondary N) is 1. The van der Waals surface area contributed by atoms with Gasteiger partial charge in [0.2, 0.25) is 0 Å². The van der Waals surface area contributed by atoms with Crippen LogP contribution in [0.5, 0.6) is 11.5 Å². The van der Waals surface area contributed by atoms with Crippen molar-refractivity contribution in [3.8, 4) is 11.5 Å². The summed E-state index contributed by atoms with van der Waals surface area (Å²) in [5.74, 6) is -0.0516. The summed E-state index contributed by atoms with van der Waals surface area (Å²) in [5, 5.41) is 31.6. The van der Waals surface area contributed by atoms with Crippen molar-refractivity contribution in [1.29, 1.82) is 0 Å². The zero-order valence-electron chi connectivity index (χ0n) is 22.2. The van der Waals surface area contributed by atoms with E-state index in [1.807, 2.05) is 44.2 Å². The van der Waals surface area contributed by atoms with E-state index < -0.39 is 23.3 Å². The number of carbonyl (C=O) groups is 1. The molecule has 12 nitrogen and oxygen atoms in total. The molecule has 0 aliphatic carbocycles. The zero-order valence-corrected chi connectivity index (χ0v) is 22.2. The van der Waals surface area contributed by atoms with Crippen LogP contribution in [-0.4, -0.2) is 58.7 Å². The van der Waals surface area contributed by atoms with Crippen LogP contribution in [0.4, 0.5) is 0 Å². The molecule has 3 unspecified atom stereocenters. The number of phenolic OH excluding ortho intramolecular Hbond substituents is 1. The predicted molar refractivity (Wildman–Crippen MR) is 145 cm³/mol. The van der Waals surface area contributed by atoms with E-state index in [0.29, 0.717) is 6.61 Å². The van der Waals surface area contributed by atoms with Crippen LogP contribution in [0.25, 0.3) is 11.2 Å². The number of carboxylic acids is 1. The number of hydrogen-bond donors (Lipinski definition) is 4. The minimum atomic E-state index is -1.08. The van der Waals surface area contributed by atoms with E-state index in [9.17, 15) is 24.6 Å². The van der Waals surface area contributed by atoms with Gasteiger partial charge in [-0.1, -0.05) is 30.3 Å². The first-order valence-corrected chi connectivity index (χ1v) is 12.2. The number of carboxylic acid groups (broad SMARTS) is 1. The number of rotatable bonds is 9. The third-order valence-corrected chi connectivity index (χ3v) is 6.02. The van der Waals surface area contributed by atoms with Gasteiger partial charge < -0.3 is 29.9 Å². The maximum atomic E-state index is 11.9. The Labute approximate surface area is 224 Å². The van der Waals surface area contributed by atoms with Crippen LogP contribution >= 0.6 is 0 Å². The Morgan fingerprint density at radius 3 is 2.28 bits per heavy atom. The van der Waals surface area contributed by atoms with Crippen LogP contribution in [0.2, 0.25) is 0 Å². The number of aromatic nitrogens is 4. The minimum absolute atomic E-state index is 0.0990. The number of aliphatic carboxylic acids is 1. The third-order valence-electron chi connectivity index (χ3n) is 6.02. The van der Waals surface area contributed by atoms with Gasteiger partial charge in [0.1, 0.15) is 24.7 Å². The van der Waals surface area contributed by atoms with Crippen molar-refractivity contribution in [2.45, 2.75) is 38.6 Å². The van der Waals surface area contributed by atoms with Gasteiger partial charge in [-0.2, -0.15) is 0 Å². The molecule has 2 aromatic heterocycles. The lowest BCUT2D eigenvalue weighted by atomic mass is 10.0. The average Bonchev–Trinajstić information content (AvgIpc) is 3.33. The Bertz CT molecular complexity index is 1510. The summed E-state index contributed by atoms with van der Waals surface area (Å²) in [6.07, 6.45) is 0.597. The quantitative estimate of drug-likeness (QED) is 0.246. The number of aliphatic hydroxyl groups is 1. The minimum Gasteiger partial charge on any atom is -0.508 e. The number of hydrogen-bond acceptors (Lipinski definition) is 8. The molecule has 2 heterocycles. The third kappa shape index (κ3) is 7.33. The lowest BCUT2D eigenvalue weighted by Gasteiger charge is -2.25. The highest BCUT2D eigenvalue weighted by atomic mass is 16.5. The van der Waals surface area contributed by atoms with Crippen molar-refractivity contribution in [1.82, 2.24) is 24.0 Å². The number of aliphatic hydroxyl groups excluding tert-OH is 1.